The molecule has 9 heterocycles. The molecule has 35 heteroatoms. The number of nitrogen functional groups attached to an aromatic ring is 3. The van der Waals surface area contributed by atoms with Crippen molar-refractivity contribution in [2.24, 2.45) is 16.2 Å². The third-order valence-electron chi connectivity index (χ3n) is 14.1. The zero-order valence-electron chi connectivity index (χ0n) is 56.4. The molecule has 0 amide bonds. The summed E-state index contributed by atoms with van der Waals surface area (Å²) in [6.45, 7) is 31.4. The number of nitrogens with one attached hydrogen (secondary N) is 3. The third kappa shape index (κ3) is 18.8. The SMILES string of the molecule is COC1[C@@H](OC(C)(C)C)[C@@H](CC(C)(C)C)O[C@H]1n1cnc2c(=O)[nH]c(N)nc21.COC1[C@@H](OP(=O)(O)OC(C)(C)C)[C@@H](CC(C)(C)C)O[C@H]1n1cnc2c(=O)[nH]c(N)nc21.COC1[C@@H](OP(O)(=S)OC(C)(C)C)[C@@H](CC(C)(C)C)O[C@H]1n1cnc2c(=O)[nH]c(N)nc21. The van der Waals surface area contributed by atoms with Gasteiger partial charge in [-0.05, 0) is 110 Å². The number of aromatic amines is 3. The maximum atomic E-state index is 12.8. The number of ether oxygens (including phenoxy) is 7. The Hall–Kier alpha value is -5.19. The van der Waals surface area contributed by atoms with E-state index in [0.29, 0.717) is 18.5 Å². The first-order chi connectivity index (χ1) is 42.1. The molecule has 0 radical (unpaired) electrons. The lowest BCUT2D eigenvalue weighted by atomic mass is 9.87. The number of rotatable bonds is 16. The van der Waals surface area contributed by atoms with Gasteiger partial charge in [-0.25, -0.2) is 19.5 Å². The maximum absolute atomic E-state index is 12.8. The Morgan fingerprint density at radius 1 is 0.489 bits per heavy atom. The largest absolute Gasteiger partial charge is 0.473 e. The van der Waals surface area contributed by atoms with E-state index in [2.05, 4.69) is 86.4 Å². The van der Waals surface area contributed by atoms with Crippen LogP contribution in [0.4, 0.5) is 17.8 Å². The molecule has 14 atom stereocenters. The lowest BCUT2D eigenvalue weighted by molar-refractivity contribution is -0.123. The lowest BCUT2D eigenvalue weighted by Gasteiger charge is -2.32. The smallest absolute Gasteiger partial charge is 0.374 e. The van der Waals surface area contributed by atoms with Crippen molar-refractivity contribution in [3.05, 3.63) is 50.0 Å². The van der Waals surface area contributed by atoms with E-state index in [1.807, 2.05) is 41.5 Å². The molecular formula is C57H95N15O17P2S. The van der Waals surface area contributed by atoms with Gasteiger partial charge in [0, 0.05) is 21.3 Å². The van der Waals surface area contributed by atoms with Crippen LogP contribution in [0.5, 0.6) is 0 Å². The Bertz CT molecular complexity index is 3640. The van der Waals surface area contributed by atoms with Gasteiger partial charge in [-0.2, -0.15) is 15.0 Å². The standard InChI is InChI=1S/C19H32N5O7P.C19H32N5O6PS.C19H31N5O4/c1-18(2,3)8-10-12(30-32(26,27)31-19(4,5)6)13(28-7)16(29-10)24-9-21-11-14(24)22-17(20)23-15(11)25;1-18(2,3)8-10-12(29-31(26,32)30-19(4,5)6)13(27-7)16(28-10)24-9-21-11-14(24)22-17(20)23-15(11)25;1-18(2,3)8-10-12(28-19(4,5)6)13(26-7)16(27-10)24-9-21-11-14(24)22-17(20)23-15(11)25/h9-10,12-13,16H,8H2,1-7H3,(H,26,27)(H3,20,22,23,25);9-10,12-13,16H,8H2,1-7H3,(H,26,32)(H3,20,22,23,25);9-10,12-13,16H,8H2,1-7H3,(H3,20,22,23,25)/t10-,12+,13?,16-;10-,12+,13?,16-,31?;10-,12+,13?,16-/m111/s1. The number of nitrogens with two attached hydrogens (primary N) is 3. The second-order valence-electron chi connectivity index (χ2n) is 29.6. The van der Waals surface area contributed by atoms with Crippen LogP contribution in [0.1, 0.15) is 163 Å². The Morgan fingerprint density at radius 2 is 0.783 bits per heavy atom. The Kier molecular flexibility index (Phi) is 22.2. The number of imidazole rings is 3. The molecule has 516 valence electrons. The van der Waals surface area contributed by atoms with E-state index < -0.39 is 98.3 Å². The number of phosphoric acid groups is 1. The van der Waals surface area contributed by atoms with Crippen LogP contribution in [0.25, 0.3) is 33.5 Å². The van der Waals surface area contributed by atoms with Crippen molar-refractivity contribution in [2.75, 3.05) is 38.5 Å². The monoisotopic (exact) mass is 1360 g/mol. The number of hydrogen-bond acceptors (Lipinski definition) is 25. The number of anilines is 3. The summed E-state index contributed by atoms with van der Waals surface area (Å²) in [7, 11) is 0.125. The average Bonchev–Trinajstić information content (AvgIpc) is 1.64. The molecule has 9 rings (SSSR count). The number of methoxy groups -OCH3 is 3. The summed E-state index contributed by atoms with van der Waals surface area (Å²) in [5.74, 6) is -0.0895. The Balaban J connectivity index is 0.000000196. The first-order valence-corrected chi connectivity index (χ1v) is 34.0. The Labute approximate surface area is 538 Å². The average molecular weight is 1360 g/mol. The number of fused-ring (bicyclic) bond motifs is 3. The van der Waals surface area contributed by atoms with Gasteiger partial charge in [-0.3, -0.25) is 56.6 Å². The molecule has 3 fully saturated rings. The predicted molar refractivity (Wildman–Crippen MR) is 346 cm³/mol. The fraction of sp³-hybridized carbons (Fsp3) is 0.737. The van der Waals surface area contributed by atoms with E-state index in [1.165, 1.54) is 37.8 Å². The summed E-state index contributed by atoms with van der Waals surface area (Å²) < 4.78 is 82.7. The molecular weight excluding hydrogens is 1260 g/mol. The molecule has 0 aromatic carbocycles. The second-order valence-corrected chi connectivity index (χ2v) is 33.6. The zero-order chi connectivity index (χ0) is 69.0. The first-order valence-electron chi connectivity index (χ1n) is 29.9. The van der Waals surface area contributed by atoms with Crippen LogP contribution in [-0.2, 0) is 67.6 Å². The highest BCUT2D eigenvalue weighted by molar-refractivity contribution is 8.07. The third-order valence-corrected chi connectivity index (χ3v) is 17.1. The van der Waals surface area contributed by atoms with Crippen LogP contribution in [0.2, 0.25) is 0 Å². The van der Waals surface area contributed by atoms with Crippen LogP contribution in [0, 0.1) is 16.2 Å². The van der Waals surface area contributed by atoms with Gasteiger partial charge in [-0.1, -0.05) is 62.3 Å². The van der Waals surface area contributed by atoms with Gasteiger partial charge in [0.25, 0.3) is 16.7 Å². The quantitative estimate of drug-likeness (QED) is 0.0450. The van der Waals surface area contributed by atoms with Crippen molar-refractivity contribution in [3.63, 3.8) is 0 Å². The lowest BCUT2D eigenvalue weighted by Crippen LogP contribution is -2.42. The van der Waals surface area contributed by atoms with Crippen molar-refractivity contribution < 1.29 is 65.6 Å². The van der Waals surface area contributed by atoms with Crippen molar-refractivity contribution in [3.8, 4) is 0 Å². The molecule has 32 nitrogen and oxygen atoms in total. The highest BCUT2D eigenvalue weighted by atomic mass is 32.5. The first kappa shape index (κ1) is 74.2. The normalized spacial score (nSPS) is 26.4. The van der Waals surface area contributed by atoms with Crippen LogP contribution < -0.4 is 33.9 Å². The molecule has 5 unspecified atom stereocenters. The van der Waals surface area contributed by atoms with Crippen LogP contribution in [0.15, 0.2) is 33.4 Å². The number of nitrogens with zero attached hydrogens (tertiary/aromatic N) is 9. The molecule has 3 saturated heterocycles. The van der Waals surface area contributed by atoms with E-state index in [4.69, 9.17) is 80.3 Å². The number of phosphoric ester groups is 1. The molecule has 6 aromatic rings. The second kappa shape index (κ2) is 27.5. The van der Waals surface area contributed by atoms with E-state index in [0.717, 1.165) is 6.42 Å². The van der Waals surface area contributed by atoms with Gasteiger partial charge in [-0.15, -0.1) is 0 Å². The van der Waals surface area contributed by atoms with Crippen molar-refractivity contribution in [2.45, 2.75) is 234 Å². The van der Waals surface area contributed by atoms with Crippen LogP contribution in [-0.4, -0.2) is 161 Å². The van der Waals surface area contributed by atoms with E-state index in [9.17, 15) is 28.7 Å². The zero-order valence-corrected chi connectivity index (χ0v) is 59.0. The van der Waals surface area contributed by atoms with Gasteiger partial charge < -0.3 is 64.7 Å². The van der Waals surface area contributed by atoms with Gasteiger partial charge in [0.2, 0.25) is 17.8 Å². The highest BCUT2D eigenvalue weighted by Gasteiger charge is 2.54. The summed E-state index contributed by atoms with van der Waals surface area (Å²) >= 11 is 5.29. The number of H-pyrrole nitrogens is 3. The molecule has 6 aromatic heterocycles. The number of aromatic nitrogens is 12. The van der Waals surface area contributed by atoms with E-state index >= 15 is 0 Å². The van der Waals surface area contributed by atoms with Crippen molar-refractivity contribution in [1.82, 2.24) is 58.6 Å². The minimum Gasteiger partial charge on any atom is -0.374 e. The molecule has 0 saturated carbocycles. The predicted octanol–water partition coefficient (Wildman–Crippen LogP) is 7.05. The fourth-order valence-electron chi connectivity index (χ4n) is 11.1. The molecule has 3 aliphatic rings. The molecule has 0 spiro atoms. The van der Waals surface area contributed by atoms with Crippen molar-refractivity contribution in [1.29, 1.82) is 0 Å². The number of hydrogen-bond donors (Lipinski definition) is 8. The van der Waals surface area contributed by atoms with Crippen molar-refractivity contribution >= 4 is 77.7 Å². The van der Waals surface area contributed by atoms with Gasteiger partial charge in [0.15, 0.2) is 52.2 Å². The highest BCUT2D eigenvalue weighted by Crippen LogP contribution is 2.55. The van der Waals surface area contributed by atoms with Gasteiger partial charge in [0.1, 0.15) is 36.6 Å². The molecule has 11 N–H and O–H groups in total. The summed E-state index contributed by atoms with van der Waals surface area (Å²) in [5, 5.41) is 0. The van der Waals surface area contributed by atoms with Gasteiger partial charge in [0.05, 0.1) is 54.1 Å². The maximum Gasteiger partial charge on any atom is 0.473 e. The Morgan fingerprint density at radius 3 is 1.07 bits per heavy atom. The molecule has 0 aliphatic carbocycles. The van der Waals surface area contributed by atoms with E-state index in [-0.39, 0.29) is 85.3 Å². The minimum atomic E-state index is -4.46. The molecule has 0 bridgehead atoms. The topological polar surface area (TPSA) is 428 Å². The van der Waals surface area contributed by atoms with E-state index in [1.54, 1.807) is 57.8 Å². The molecule has 3 aliphatic heterocycles. The minimum absolute atomic E-state index is 0.0277. The van der Waals surface area contributed by atoms with Crippen LogP contribution >= 0.6 is 14.5 Å². The summed E-state index contributed by atoms with van der Waals surface area (Å²) in [5.41, 5.74) is 14.8. The summed E-state index contributed by atoms with van der Waals surface area (Å²) in [4.78, 5) is 90.1. The summed E-state index contributed by atoms with van der Waals surface area (Å²) in [6, 6.07) is 0. The summed E-state index contributed by atoms with van der Waals surface area (Å²) in [6.07, 6.45) is -1.07. The molecule has 92 heavy (non-hydrogen) atoms. The van der Waals surface area contributed by atoms with Crippen LogP contribution in [0.3, 0.4) is 0 Å². The fourth-order valence-corrected chi connectivity index (χ4v) is 14.7. The van der Waals surface area contributed by atoms with Gasteiger partial charge >= 0.3 is 14.5 Å².